The highest BCUT2D eigenvalue weighted by Gasteiger charge is 2.20. The largest absolute Gasteiger partial charge is 0.345 e. The molecule has 0 aromatic heterocycles. The van der Waals surface area contributed by atoms with Gasteiger partial charge in [0.05, 0.1) is 6.54 Å². The van der Waals surface area contributed by atoms with Gasteiger partial charge >= 0.3 is 0 Å². The monoisotopic (exact) mass is 289 g/mol. The fourth-order valence-corrected chi connectivity index (χ4v) is 2.09. The molecular formula is C16H23N3O2. The molecule has 0 saturated heterocycles. The SMILES string of the molecule is Cc1ccc(NC(=O)CNCC2CC2)cc1C(=O)N(C)C. The molecule has 0 radical (unpaired) electrons. The second-order valence-electron chi connectivity index (χ2n) is 5.85. The van der Waals surface area contributed by atoms with Crippen molar-refractivity contribution in [1.29, 1.82) is 0 Å². The molecule has 21 heavy (non-hydrogen) atoms. The number of benzene rings is 1. The van der Waals surface area contributed by atoms with Gasteiger partial charge in [-0.1, -0.05) is 6.07 Å². The standard InChI is InChI=1S/C16H23N3O2/c1-11-4-7-13(8-14(11)16(21)19(2)3)18-15(20)10-17-9-12-5-6-12/h4,7-8,12,17H,5-6,9-10H2,1-3H3,(H,18,20). The molecule has 0 heterocycles. The molecule has 1 aliphatic rings. The average Bonchev–Trinajstić information content (AvgIpc) is 3.24. The predicted molar refractivity (Wildman–Crippen MR) is 83.4 cm³/mol. The van der Waals surface area contributed by atoms with Crippen LogP contribution >= 0.6 is 0 Å². The normalized spacial score (nSPS) is 13.9. The van der Waals surface area contributed by atoms with Crippen LogP contribution in [0.1, 0.15) is 28.8 Å². The Hall–Kier alpha value is -1.88. The van der Waals surface area contributed by atoms with Crippen LogP contribution in [0.5, 0.6) is 0 Å². The van der Waals surface area contributed by atoms with E-state index in [1.165, 1.54) is 17.7 Å². The van der Waals surface area contributed by atoms with E-state index in [9.17, 15) is 9.59 Å². The summed E-state index contributed by atoms with van der Waals surface area (Å²) in [7, 11) is 3.43. The van der Waals surface area contributed by atoms with Gasteiger partial charge in [-0.3, -0.25) is 9.59 Å². The zero-order chi connectivity index (χ0) is 15.4. The lowest BCUT2D eigenvalue weighted by atomic mass is 10.1. The number of rotatable bonds is 6. The van der Waals surface area contributed by atoms with Crippen LogP contribution in [0.4, 0.5) is 5.69 Å². The highest BCUT2D eigenvalue weighted by Crippen LogP contribution is 2.27. The van der Waals surface area contributed by atoms with Crippen LogP contribution < -0.4 is 10.6 Å². The number of hydrogen-bond acceptors (Lipinski definition) is 3. The molecule has 1 aliphatic carbocycles. The summed E-state index contributed by atoms with van der Waals surface area (Å²) in [5.41, 5.74) is 2.17. The highest BCUT2D eigenvalue weighted by atomic mass is 16.2. The van der Waals surface area contributed by atoms with E-state index in [1.54, 1.807) is 20.2 Å². The van der Waals surface area contributed by atoms with Crippen molar-refractivity contribution in [2.24, 2.45) is 5.92 Å². The molecule has 114 valence electrons. The van der Waals surface area contributed by atoms with Gasteiger partial charge in [-0.05, 0) is 49.9 Å². The molecule has 2 rings (SSSR count). The Labute approximate surface area is 125 Å². The maximum Gasteiger partial charge on any atom is 0.253 e. The third-order valence-electron chi connectivity index (χ3n) is 3.57. The third-order valence-corrected chi connectivity index (χ3v) is 3.57. The van der Waals surface area contributed by atoms with Crippen LogP contribution in [-0.2, 0) is 4.79 Å². The fourth-order valence-electron chi connectivity index (χ4n) is 2.09. The molecule has 1 aromatic rings. The van der Waals surface area contributed by atoms with Crippen LogP contribution in [-0.4, -0.2) is 43.9 Å². The van der Waals surface area contributed by atoms with E-state index in [1.807, 2.05) is 19.1 Å². The zero-order valence-electron chi connectivity index (χ0n) is 12.9. The Morgan fingerprint density at radius 1 is 1.29 bits per heavy atom. The molecule has 2 amide bonds. The molecule has 1 fully saturated rings. The minimum absolute atomic E-state index is 0.0598. The average molecular weight is 289 g/mol. The lowest BCUT2D eigenvalue weighted by Gasteiger charge is -2.14. The van der Waals surface area contributed by atoms with Gasteiger partial charge in [0.15, 0.2) is 0 Å². The van der Waals surface area contributed by atoms with Crippen molar-refractivity contribution in [2.75, 3.05) is 32.5 Å². The molecule has 0 bridgehead atoms. The molecule has 2 N–H and O–H groups in total. The van der Waals surface area contributed by atoms with E-state index in [-0.39, 0.29) is 11.8 Å². The van der Waals surface area contributed by atoms with Gasteiger partial charge in [-0.15, -0.1) is 0 Å². The molecule has 0 aliphatic heterocycles. The number of nitrogens with zero attached hydrogens (tertiary/aromatic N) is 1. The molecule has 0 unspecified atom stereocenters. The van der Waals surface area contributed by atoms with E-state index in [0.717, 1.165) is 18.0 Å². The fraction of sp³-hybridized carbons (Fsp3) is 0.500. The number of hydrogen-bond donors (Lipinski definition) is 2. The van der Waals surface area contributed by atoms with Gasteiger partial charge < -0.3 is 15.5 Å². The van der Waals surface area contributed by atoms with Gasteiger partial charge in [-0.2, -0.15) is 0 Å². The topological polar surface area (TPSA) is 61.4 Å². The van der Waals surface area contributed by atoms with Gasteiger partial charge in [0.2, 0.25) is 5.91 Å². The van der Waals surface area contributed by atoms with E-state index in [0.29, 0.717) is 17.8 Å². The Morgan fingerprint density at radius 3 is 2.62 bits per heavy atom. The maximum atomic E-state index is 12.1. The number of carbonyl (C=O) groups excluding carboxylic acids is 2. The molecule has 1 saturated carbocycles. The summed E-state index contributed by atoms with van der Waals surface area (Å²) in [5.74, 6) is 0.611. The first-order chi connectivity index (χ1) is 9.97. The van der Waals surface area contributed by atoms with E-state index in [4.69, 9.17) is 0 Å². The van der Waals surface area contributed by atoms with Crippen molar-refractivity contribution in [1.82, 2.24) is 10.2 Å². The summed E-state index contributed by atoms with van der Waals surface area (Å²) in [6.45, 7) is 3.10. The molecule has 0 spiro atoms. The van der Waals surface area contributed by atoms with Crippen LogP contribution in [0.3, 0.4) is 0 Å². The Bertz CT molecular complexity index is 536. The summed E-state index contributed by atoms with van der Waals surface area (Å²) in [4.78, 5) is 25.4. The second kappa shape index (κ2) is 6.72. The first-order valence-electron chi connectivity index (χ1n) is 7.30. The Morgan fingerprint density at radius 2 is 2.00 bits per heavy atom. The Balaban J connectivity index is 1.94. The molecule has 0 atom stereocenters. The quantitative estimate of drug-likeness (QED) is 0.837. The second-order valence-corrected chi connectivity index (χ2v) is 5.85. The zero-order valence-corrected chi connectivity index (χ0v) is 12.9. The lowest BCUT2D eigenvalue weighted by Crippen LogP contribution is -2.29. The van der Waals surface area contributed by atoms with Crippen molar-refractivity contribution in [2.45, 2.75) is 19.8 Å². The summed E-state index contributed by atoms with van der Waals surface area (Å²) >= 11 is 0. The Kier molecular flexibility index (Phi) is 4.96. The maximum absolute atomic E-state index is 12.1. The van der Waals surface area contributed by atoms with Crippen molar-refractivity contribution in [3.63, 3.8) is 0 Å². The number of nitrogens with one attached hydrogen (secondary N) is 2. The molecule has 5 nitrogen and oxygen atoms in total. The van der Waals surface area contributed by atoms with Crippen molar-refractivity contribution in [3.05, 3.63) is 29.3 Å². The molecule has 1 aromatic carbocycles. The third kappa shape index (κ3) is 4.56. The van der Waals surface area contributed by atoms with Crippen LogP contribution in [0.15, 0.2) is 18.2 Å². The minimum Gasteiger partial charge on any atom is -0.345 e. The summed E-state index contributed by atoms with van der Waals surface area (Å²) in [6, 6.07) is 5.40. The van der Waals surface area contributed by atoms with Crippen molar-refractivity contribution >= 4 is 17.5 Å². The van der Waals surface area contributed by atoms with E-state index >= 15 is 0 Å². The van der Waals surface area contributed by atoms with Gasteiger partial charge in [0.1, 0.15) is 0 Å². The van der Waals surface area contributed by atoms with E-state index < -0.39 is 0 Å². The van der Waals surface area contributed by atoms with Gasteiger partial charge in [-0.25, -0.2) is 0 Å². The summed E-state index contributed by atoms with van der Waals surface area (Å²) < 4.78 is 0. The minimum atomic E-state index is -0.0808. The van der Waals surface area contributed by atoms with Gasteiger partial charge in [0.25, 0.3) is 5.91 Å². The van der Waals surface area contributed by atoms with E-state index in [2.05, 4.69) is 10.6 Å². The molecular weight excluding hydrogens is 266 g/mol. The first-order valence-corrected chi connectivity index (χ1v) is 7.30. The van der Waals surface area contributed by atoms with Crippen LogP contribution in [0.2, 0.25) is 0 Å². The summed E-state index contributed by atoms with van der Waals surface area (Å²) in [5, 5.41) is 5.97. The number of aryl methyl sites for hydroxylation is 1. The smallest absolute Gasteiger partial charge is 0.253 e. The van der Waals surface area contributed by atoms with Crippen LogP contribution in [0.25, 0.3) is 0 Å². The van der Waals surface area contributed by atoms with Crippen molar-refractivity contribution < 1.29 is 9.59 Å². The first kappa shape index (κ1) is 15.5. The number of anilines is 1. The van der Waals surface area contributed by atoms with Gasteiger partial charge in [0, 0.05) is 25.3 Å². The number of amides is 2. The highest BCUT2D eigenvalue weighted by molar-refractivity contribution is 5.98. The predicted octanol–water partition coefficient (Wildman–Crippen LogP) is 1.63. The van der Waals surface area contributed by atoms with Crippen molar-refractivity contribution in [3.8, 4) is 0 Å². The van der Waals surface area contributed by atoms with Crippen LogP contribution in [0, 0.1) is 12.8 Å². The number of carbonyl (C=O) groups is 2. The lowest BCUT2D eigenvalue weighted by molar-refractivity contribution is -0.115. The molecule has 5 heteroatoms. The summed E-state index contributed by atoms with van der Waals surface area (Å²) in [6.07, 6.45) is 2.53.